The molecule has 24 heavy (non-hydrogen) atoms. The highest BCUT2D eigenvalue weighted by atomic mass is 35.5. The van der Waals surface area contributed by atoms with Crippen LogP contribution in [0.3, 0.4) is 0 Å². The molecular formula is C18H15Cl2NO2S. The average molecular weight is 380 g/mol. The summed E-state index contributed by atoms with van der Waals surface area (Å²) in [4.78, 5) is 4.58. The Kier molecular flexibility index (Phi) is 5.29. The van der Waals surface area contributed by atoms with Crippen molar-refractivity contribution in [2.24, 2.45) is 0 Å². The van der Waals surface area contributed by atoms with Gasteiger partial charge in [0.25, 0.3) is 0 Å². The first-order chi connectivity index (χ1) is 11.6. The molecule has 0 amide bonds. The number of rotatable bonds is 5. The highest BCUT2D eigenvalue weighted by Gasteiger charge is 2.10. The number of hydrogen-bond acceptors (Lipinski definition) is 4. The summed E-state index contributed by atoms with van der Waals surface area (Å²) < 4.78 is 11.1. The minimum absolute atomic E-state index is 0.397. The molecule has 1 aromatic heterocycles. The number of aryl methyl sites for hydroxylation is 1. The van der Waals surface area contributed by atoms with Crippen molar-refractivity contribution < 1.29 is 9.47 Å². The lowest BCUT2D eigenvalue weighted by atomic mass is 10.2. The Morgan fingerprint density at radius 1 is 1.12 bits per heavy atom. The molecule has 0 aliphatic heterocycles. The van der Waals surface area contributed by atoms with E-state index in [-0.39, 0.29) is 0 Å². The summed E-state index contributed by atoms with van der Waals surface area (Å²) in [6.45, 7) is 2.38. The van der Waals surface area contributed by atoms with E-state index < -0.39 is 0 Å². The van der Waals surface area contributed by atoms with Crippen LogP contribution < -0.4 is 9.47 Å². The summed E-state index contributed by atoms with van der Waals surface area (Å²) in [6, 6.07) is 11.1. The molecule has 0 saturated carbocycles. The molecule has 3 rings (SSSR count). The molecule has 0 unspecified atom stereocenters. The van der Waals surface area contributed by atoms with E-state index in [1.807, 2.05) is 36.6 Å². The van der Waals surface area contributed by atoms with Gasteiger partial charge in [-0.05, 0) is 48.9 Å². The Morgan fingerprint density at radius 3 is 2.71 bits per heavy atom. The molecule has 2 aromatic carbocycles. The topological polar surface area (TPSA) is 31.4 Å². The molecule has 0 N–H and O–H groups in total. The summed E-state index contributed by atoms with van der Waals surface area (Å²) in [6.07, 6.45) is 0. The summed E-state index contributed by atoms with van der Waals surface area (Å²) in [7, 11) is 1.65. The van der Waals surface area contributed by atoms with Gasteiger partial charge >= 0.3 is 0 Å². The zero-order chi connectivity index (χ0) is 17.1. The molecule has 0 radical (unpaired) electrons. The second kappa shape index (κ2) is 7.43. The van der Waals surface area contributed by atoms with E-state index in [4.69, 9.17) is 32.7 Å². The highest BCUT2D eigenvalue weighted by Crippen LogP contribution is 2.31. The van der Waals surface area contributed by atoms with E-state index in [9.17, 15) is 0 Å². The summed E-state index contributed by atoms with van der Waals surface area (Å²) in [5, 5.41) is 4.08. The van der Waals surface area contributed by atoms with E-state index in [2.05, 4.69) is 4.98 Å². The van der Waals surface area contributed by atoms with Crippen molar-refractivity contribution >= 4 is 34.5 Å². The van der Waals surface area contributed by atoms with Crippen molar-refractivity contribution in [3.8, 4) is 22.8 Å². The molecule has 0 saturated heterocycles. The van der Waals surface area contributed by atoms with Crippen LogP contribution >= 0.6 is 34.5 Å². The van der Waals surface area contributed by atoms with Gasteiger partial charge in [0.1, 0.15) is 23.1 Å². The van der Waals surface area contributed by atoms with Gasteiger partial charge in [0.05, 0.1) is 17.8 Å². The van der Waals surface area contributed by atoms with Gasteiger partial charge in [0, 0.05) is 16.0 Å². The van der Waals surface area contributed by atoms with Crippen LogP contribution in [0.15, 0.2) is 41.8 Å². The van der Waals surface area contributed by atoms with Gasteiger partial charge in [-0.15, -0.1) is 11.3 Å². The van der Waals surface area contributed by atoms with E-state index in [1.54, 1.807) is 19.2 Å². The number of thiazole rings is 1. The zero-order valence-electron chi connectivity index (χ0n) is 13.2. The zero-order valence-corrected chi connectivity index (χ0v) is 15.5. The monoisotopic (exact) mass is 379 g/mol. The van der Waals surface area contributed by atoms with Gasteiger partial charge in [0.15, 0.2) is 0 Å². The molecule has 0 atom stereocenters. The van der Waals surface area contributed by atoms with Crippen LogP contribution in [0.4, 0.5) is 0 Å². The normalized spacial score (nSPS) is 10.7. The summed E-state index contributed by atoms with van der Waals surface area (Å²) >= 11 is 13.8. The van der Waals surface area contributed by atoms with Gasteiger partial charge in [-0.1, -0.05) is 23.2 Å². The predicted octanol–water partition coefficient (Wildman–Crippen LogP) is 6.01. The maximum Gasteiger partial charge on any atom is 0.140 e. The van der Waals surface area contributed by atoms with Gasteiger partial charge < -0.3 is 9.47 Å². The van der Waals surface area contributed by atoms with Crippen LogP contribution in [0.1, 0.15) is 10.6 Å². The minimum atomic E-state index is 0.397. The van der Waals surface area contributed by atoms with E-state index >= 15 is 0 Å². The lowest BCUT2D eigenvalue weighted by Crippen LogP contribution is -1.96. The number of benzene rings is 2. The first-order valence-corrected chi connectivity index (χ1v) is 8.87. The first-order valence-electron chi connectivity index (χ1n) is 7.24. The Balaban J connectivity index is 1.72. The number of aromatic nitrogens is 1. The van der Waals surface area contributed by atoms with Gasteiger partial charge in [-0.2, -0.15) is 0 Å². The summed E-state index contributed by atoms with van der Waals surface area (Å²) in [5.41, 5.74) is 2.66. The molecule has 0 aliphatic rings. The predicted molar refractivity (Wildman–Crippen MR) is 99.6 cm³/mol. The fourth-order valence-corrected chi connectivity index (χ4v) is 3.37. The Hall–Kier alpha value is -1.75. The van der Waals surface area contributed by atoms with Crippen molar-refractivity contribution in [2.75, 3.05) is 7.11 Å². The van der Waals surface area contributed by atoms with Crippen molar-refractivity contribution in [2.45, 2.75) is 13.5 Å². The smallest absolute Gasteiger partial charge is 0.140 e. The third kappa shape index (κ3) is 3.83. The second-order valence-electron chi connectivity index (χ2n) is 5.17. The molecule has 0 aliphatic carbocycles. The lowest BCUT2D eigenvalue weighted by molar-refractivity contribution is 0.304. The van der Waals surface area contributed by atoms with Crippen molar-refractivity contribution in [1.82, 2.24) is 4.98 Å². The van der Waals surface area contributed by atoms with Gasteiger partial charge in [-0.3, -0.25) is 0 Å². The second-order valence-corrected chi connectivity index (χ2v) is 6.96. The van der Waals surface area contributed by atoms with Crippen LogP contribution in [0.5, 0.6) is 11.5 Å². The molecule has 0 bridgehead atoms. The Morgan fingerprint density at radius 2 is 1.96 bits per heavy atom. The minimum Gasteiger partial charge on any atom is -0.496 e. The van der Waals surface area contributed by atoms with E-state index in [0.717, 1.165) is 33.3 Å². The fourth-order valence-electron chi connectivity index (χ4n) is 2.28. The molecule has 0 fully saturated rings. The highest BCUT2D eigenvalue weighted by molar-refractivity contribution is 7.09. The Bertz CT molecular complexity index is 864. The quantitative estimate of drug-likeness (QED) is 0.543. The molecule has 6 heteroatoms. The number of ether oxygens (including phenoxy) is 2. The first kappa shape index (κ1) is 17.1. The lowest BCUT2D eigenvalue weighted by Gasteiger charge is -2.08. The number of halogens is 2. The molecule has 1 heterocycles. The maximum absolute atomic E-state index is 6.22. The summed E-state index contributed by atoms with van der Waals surface area (Å²) in [5.74, 6) is 1.63. The van der Waals surface area contributed by atoms with Crippen molar-refractivity contribution in [3.63, 3.8) is 0 Å². The van der Waals surface area contributed by atoms with Crippen LogP contribution in [0, 0.1) is 6.92 Å². The van der Waals surface area contributed by atoms with Gasteiger partial charge in [-0.25, -0.2) is 4.98 Å². The molecule has 0 spiro atoms. The molecule has 3 nitrogen and oxygen atoms in total. The maximum atomic E-state index is 6.22. The van der Waals surface area contributed by atoms with Crippen molar-refractivity contribution in [1.29, 1.82) is 0 Å². The van der Waals surface area contributed by atoms with Crippen LogP contribution in [-0.4, -0.2) is 12.1 Å². The Labute approximate surface area is 154 Å². The van der Waals surface area contributed by atoms with Gasteiger partial charge in [0.2, 0.25) is 0 Å². The SMILES string of the molecule is COc1ccc(OCc2nc(-c3cc(Cl)ccc3Cl)cs2)cc1C. The third-order valence-electron chi connectivity index (χ3n) is 3.48. The molecular weight excluding hydrogens is 365 g/mol. The number of methoxy groups -OCH3 is 1. The standard InChI is InChI=1S/C18H15Cl2NO2S/c1-11-7-13(4-6-17(11)22-2)23-9-18-21-16(10-24-18)14-8-12(19)3-5-15(14)20/h3-8,10H,9H2,1-2H3. The largest absolute Gasteiger partial charge is 0.496 e. The number of nitrogens with zero attached hydrogens (tertiary/aromatic N) is 1. The van der Waals surface area contributed by atoms with E-state index in [1.165, 1.54) is 11.3 Å². The average Bonchev–Trinajstić information content (AvgIpc) is 3.04. The molecule has 124 valence electrons. The van der Waals surface area contributed by atoms with Crippen LogP contribution in [-0.2, 0) is 6.61 Å². The van der Waals surface area contributed by atoms with Crippen LogP contribution in [0.2, 0.25) is 10.0 Å². The third-order valence-corrected chi connectivity index (χ3v) is 4.87. The van der Waals surface area contributed by atoms with Crippen LogP contribution in [0.25, 0.3) is 11.3 Å². The number of hydrogen-bond donors (Lipinski definition) is 0. The van der Waals surface area contributed by atoms with E-state index in [0.29, 0.717) is 16.7 Å². The fraction of sp³-hybridized carbons (Fsp3) is 0.167. The molecule has 3 aromatic rings. The van der Waals surface area contributed by atoms with Crippen molar-refractivity contribution in [3.05, 3.63) is 62.4 Å².